The van der Waals surface area contributed by atoms with Crippen LogP contribution >= 0.6 is 11.6 Å². The van der Waals surface area contributed by atoms with Gasteiger partial charge in [-0.05, 0) is 42.8 Å². The van der Waals surface area contributed by atoms with Crippen LogP contribution in [-0.2, 0) is 11.3 Å². The molecule has 0 aliphatic rings. The van der Waals surface area contributed by atoms with Crippen molar-refractivity contribution in [2.75, 3.05) is 19.0 Å². The van der Waals surface area contributed by atoms with E-state index in [1.807, 2.05) is 80.5 Å². The molecular weight excluding hydrogens is 372 g/mol. The number of rotatable bonds is 6. The average Bonchev–Trinajstić information content (AvgIpc) is 2.99. The van der Waals surface area contributed by atoms with Crippen molar-refractivity contribution >= 4 is 29.3 Å². The standard InChI is InChI=1S/C22H23ClN4O/c1-16-20(22(23)27(25-16)19-7-5-4-6-8-19)13-14-21(28)24-15-17-9-11-18(12-10-17)26(2)3/h4-14H,15H2,1-3H3,(H,24,28)/b14-13+. The lowest BCUT2D eigenvalue weighted by molar-refractivity contribution is -0.116. The maximum Gasteiger partial charge on any atom is 0.244 e. The van der Waals surface area contributed by atoms with Gasteiger partial charge in [0.1, 0.15) is 5.15 Å². The van der Waals surface area contributed by atoms with Gasteiger partial charge in [-0.2, -0.15) is 5.10 Å². The van der Waals surface area contributed by atoms with Gasteiger partial charge >= 0.3 is 0 Å². The first-order valence-corrected chi connectivity index (χ1v) is 9.36. The molecule has 3 rings (SSSR count). The fourth-order valence-electron chi connectivity index (χ4n) is 2.76. The molecule has 0 fully saturated rings. The summed E-state index contributed by atoms with van der Waals surface area (Å²) in [6.07, 6.45) is 3.19. The van der Waals surface area contributed by atoms with Crippen LogP contribution in [-0.4, -0.2) is 29.8 Å². The summed E-state index contributed by atoms with van der Waals surface area (Å²) >= 11 is 6.47. The third-order valence-corrected chi connectivity index (χ3v) is 4.73. The van der Waals surface area contributed by atoms with Crippen molar-refractivity contribution in [3.8, 4) is 5.69 Å². The highest BCUT2D eigenvalue weighted by molar-refractivity contribution is 6.31. The summed E-state index contributed by atoms with van der Waals surface area (Å²) in [6.45, 7) is 2.34. The summed E-state index contributed by atoms with van der Waals surface area (Å²) in [5.41, 5.74) is 4.53. The van der Waals surface area contributed by atoms with Crippen LogP contribution in [0.5, 0.6) is 0 Å². The maximum absolute atomic E-state index is 12.2. The monoisotopic (exact) mass is 394 g/mol. The minimum Gasteiger partial charge on any atom is -0.378 e. The SMILES string of the molecule is Cc1nn(-c2ccccc2)c(Cl)c1/C=C/C(=O)NCc1ccc(N(C)C)cc1. The van der Waals surface area contributed by atoms with Gasteiger partial charge in [0.15, 0.2) is 0 Å². The van der Waals surface area contributed by atoms with Crippen LogP contribution in [0.25, 0.3) is 11.8 Å². The van der Waals surface area contributed by atoms with Crippen LogP contribution in [0, 0.1) is 6.92 Å². The van der Waals surface area contributed by atoms with Crippen molar-refractivity contribution in [2.24, 2.45) is 0 Å². The number of nitrogens with one attached hydrogen (secondary N) is 1. The Morgan fingerprint density at radius 3 is 2.46 bits per heavy atom. The van der Waals surface area contributed by atoms with Gasteiger partial charge in [-0.25, -0.2) is 4.68 Å². The van der Waals surface area contributed by atoms with Gasteiger partial charge in [0.25, 0.3) is 0 Å². The molecule has 0 saturated carbocycles. The highest BCUT2D eigenvalue weighted by Gasteiger charge is 2.12. The summed E-state index contributed by atoms with van der Waals surface area (Å²) in [5.74, 6) is -0.181. The van der Waals surface area contributed by atoms with Crippen molar-refractivity contribution in [1.29, 1.82) is 0 Å². The largest absolute Gasteiger partial charge is 0.378 e. The Kier molecular flexibility index (Phi) is 6.16. The number of hydrogen-bond donors (Lipinski definition) is 1. The second-order valence-electron chi connectivity index (χ2n) is 6.65. The third kappa shape index (κ3) is 4.61. The van der Waals surface area contributed by atoms with E-state index in [4.69, 9.17) is 11.6 Å². The zero-order valence-electron chi connectivity index (χ0n) is 16.2. The molecule has 0 unspecified atom stereocenters. The maximum atomic E-state index is 12.2. The molecule has 144 valence electrons. The van der Waals surface area contributed by atoms with Crippen LogP contribution in [0.4, 0.5) is 5.69 Å². The number of aromatic nitrogens is 2. The molecule has 1 amide bonds. The Hall–Kier alpha value is -3.05. The fourth-order valence-corrected chi connectivity index (χ4v) is 3.09. The summed E-state index contributed by atoms with van der Waals surface area (Å²) < 4.78 is 1.67. The third-order valence-electron chi connectivity index (χ3n) is 4.37. The highest BCUT2D eigenvalue weighted by Crippen LogP contribution is 2.24. The summed E-state index contributed by atoms with van der Waals surface area (Å²) in [5, 5.41) is 7.84. The second-order valence-corrected chi connectivity index (χ2v) is 7.01. The van der Waals surface area contributed by atoms with Crippen molar-refractivity contribution in [3.05, 3.63) is 82.6 Å². The molecule has 0 radical (unpaired) electrons. The molecule has 28 heavy (non-hydrogen) atoms. The van der Waals surface area contributed by atoms with Crippen LogP contribution in [0.2, 0.25) is 5.15 Å². The van der Waals surface area contributed by atoms with Gasteiger partial charge in [0.2, 0.25) is 5.91 Å². The fraction of sp³-hybridized carbons (Fsp3) is 0.182. The molecule has 0 aliphatic carbocycles. The Morgan fingerprint density at radius 1 is 1.14 bits per heavy atom. The molecule has 3 aromatic rings. The first kappa shape index (κ1) is 19.7. The van der Waals surface area contributed by atoms with E-state index in [-0.39, 0.29) is 5.91 Å². The second kappa shape index (κ2) is 8.76. The average molecular weight is 395 g/mol. The zero-order valence-corrected chi connectivity index (χ0v) is 16.9. The van der Waals surface area contributed by atoms with E-state index >= 15 is 0 Å². The number of carbonyl (C=O) groups is 1. The minimum atomic E-state index is -0.181. The molecule has 0 saturated heterocycles. The number of amides is 1. The Morgan fingerprint density at radius 2 is 1.82 bits per heavy atom. The number of nitrogens with zero attached hydrogens (tertiary/aromatic N) is 3. The van der Waals surface area contributed by atoms with E-state index in [2.05, 4.69) is 10.4 Å². The first-order chi connectivity index (χ1) is 13.5. The van der Waals surface area contributed by atoms with Crippen LogP contribution in [0.3, 0.4) is 0 Å². The number of halogens is 1. The Bertz CT molecular complexity index is 976. The molecule has 0 bridgehead atoms. The zero-order chi connectivity index (χ0) is 20.1. The number of anilines is 1. The van der Waals surface area contributed by atoms with Gasteiger partial charge in [-0.3, -0.25) is 4.79 Å². The van der Waals surface area contributed by atoms with Crippen molar-refractivity contribution in [2.45, 2.75) is 13.5 Å². The number of hydrogen-bond acceptors (Lipinski definition) is 3. The number of aryl methyl sites for hydroxylation is 1. The lowest BCUT2D eigenvalue weighted by Gasteiger charge is -2.12. The van der Waals surface area contributed by atoms with E-state index in [9.17, 15) is 4.79 Å². The van der Waals surface area contributed by atoms with Gasteiger partial charge in [0, 0.05) is 38.0 Å². The number of benzene rings is 2. The van der Waals surface area contributed by atoms with Crippen molar-refractivity contribution in [1.82, 2.24) is 15.1 Å². The van der Waals surface area contributed by atoms with Crippen LogP contribution in [0.1, 0.15) is 16.8 Å². The minimum absolute atomic E-state index is 0.181. The summed E-state index contributed by atoms with van der Waals surface area (Å²) in [4.78, 5) is 14.2. The molecule has 0 aliphatic heterocycles. The quantitative estimate of drug-likeness (QED) is 0.636. The lowest BCUT2D eigenvalue weighted by Crippen LogP contribution is -2.20. The van der Waals surface area contributed by atoms with Gasteiger partial charge < -0.3 is 10.2 Å². The highest BCUT2D eigenvalue weighted by atomic mass is 35.5. The van der Waals surface area contributed by atoms with Crippen LogP contribution < -0.4 is 10.2 Å². The topological polar surface area (TPSA) is 50.2 Å². The van der Waals surface area contributed by atoms with Gasteiger partial charge in [0.05, 0.1) is 11.4 Å². The molecule has 1 heterocycles. The predicted molar refractivity (Wildman–Crippen MR) is 115 cm³/mol. The normalized spacial score (nSPS) is 11.0. The van der Waals surface area contributed by atoms with E-state index in [0.717, 1.165) is 28.2 Å². The summed E-state index contributed by atoms with van der Waals surface area (Å²) in [7, 11) is 3.99. The molecule has 5 nitrogen and oxygen atoms in total. The smallest absolute Gasteiger partial charge is 0.244 e. The van der Waals surface area contributed by atoms with E-state index < -0.39 is 0 Å². The molecular formula is C22H23ClN4O. The molecule has 0 atom stereocenters. The molecule has 1 N–H and O–H groups in total. The lowest BCUT2D eigenvalue weighted by atomic mass is 10.2. The van der Waals surface area contributed by atoms with Gasteiger partial charge in [-0.1, -0.05) is 41.9 Å². The first-order valence-electron chi connectivity index (χ1n) is 8.98. The molecule has 0 spiro atoms. The van der Waals surface area contributed by atoms with Crippen LogP contribution in [0.15, 0.2) is 60.7 Å². The van der Waals surface area contributed by atoms with Crippen molar-refractivity contribution < 1.29 is 4.79 Å². The number of carbonyl (C=O) groups excluding carboxylic acids is 1. The van der Waals surface area contributed by atoms with E-state index in [0.29, 0.717) is 11.7 Å². The van der Waals surface area contributed by atoms with Gasteiger partial charge in [-0.15, -0.1) is 0 Å². The van der Waals surface area contributed by atoms with E-state index in [1.165, 1.54) is 6.08 Å². The molecule has 2 aromatic carbocycles. The molecule has 6 heteroatoms. The predicted octanol–water partition coefficient (Wildman–Crippen LogP) is 4.23. The summed E-state index contributed by atoms with van der Waals surface area (Å²) in [6, 6.07) is 17.7. The Balaban J connectivity index is 1.65. The van der Waals surface area contributed by atoms with Crippen molar-refractivity contribution in [3.63, 3.8) is 0 Å². The Labute approximate surface area is 170 Å². The number of para-hydroxylation sites is 1. The van der Waals surface area contributed by atoms with E-state index in [1.54, 1.807) is 10.8 Å². The molecule has 1 aromatic heterocycles.